The van der Waals surface area contributed by atoms with Gasteiger partial charge < -0.3 is 10.6 Å². The Kier molecular flexibility index (Phi) is 3.25. The second-order valence-electron chi connectivity index (χ2n) is 2.32. The largest absolute Gasteiger partial charge is 0.386 e. The lowest BCUT2D eigenvalue weighted by molar-refractivity contribution is -0.105. The van der Waals surface area contributed by atoms with Crippen LogP contribution in [0, 0.1) is 5.82 Å². The van der Waals surface area contributed by atoms with Gasteiger partial charge in [-0.05, 0) is 22.0 Å². The summed E-state index contributed by atoms with van der Waals surface area (Å²) in [7, 11) is 1.69. The van der Waals surface area contributed by atoms with Gasteiger partial charge in [0.05, 0.1) is 15.8 Å². The maximum Gasteiger partial charge on any atom is 0.211 e. The highest BCUT2D eigenvalue weighted by Crippen LogP contribution is 2.27. The van der Waals surface area contributed by atoms with Crippen molar-refractivity contribution in [3.63, 3.8) is 0 Å². The van der Waals surface area contributed by atoms with Crippen LogP contribution in [0.15, 0.2) is 16.6 Å². The Bertz CT molecular complexity index is 330. The van der Waals surface area contributed by atoms with E-state index in [2.05, 4.69) is 26.6 Å². The van der Waals surface area contributed by atoms with Gasteiger partial charge in [0.15, 0.2) is 0 Å². The maximum atomic E-state index is 13.0. The van der Waals surface area contributed by atoms with Crippen LogP contribution in [0.4, 0.5) is 15.8 Å². The number of hydrogen-bond donors (Lipinski definition) is 2. The van der Waals surface area contributed by atoms with E-state index in [0.29, 0.717) is 22.3 Å². The minimum Gasteiger partial charge on any atom is -0.386 e. The van der Waals surface area contributed by atoms with E-state index >= 15 is 0 Å². The van der Waals surface area contributed by atoms with Gasteiger partial charge in [0.25, 0.3) is 0 Å². The lowest BCUT2D eigenvalue weighted by Gasteiger charge is -2.08. The van der Waals surface area contributed by atoms with Gasteiger partial charge in [-0.15, -0.1) is 0 Å². The molecule has 0 fully saturated rings. The zero-order valence-electron chi connectivity index (χ0n) is 6.90. The van der Waals surface area contributed by atoms with Crippen molar-refractivity contribution in [2.75, 3.05) is 17.7 Å². The van der Waals surface area contributed by atoms with Gasteiger partial charge in [-0.2, -0.15) is 0 Å². The normalized spacial score (nSPS) is 9.46. The molecule has 0 aliphatic rings. The Morgan fingerprint density at radius 1 is 1.46 bits per heavy atom. The third-order valence-electron chi connectivity index (χ3n) is 1.54. The smallest absolute Gasteiger partial charge is 0.211 e. The fourth-order valence-electron chi connectivity index (χ4n) is 0.937. The number of benzene rings is 1. The van der Waals surface area contributed by atoms with Crippen molar-refractivity contribution < 1.29 is 9.18 Å². The molecule has 2 N–H and O–H groups in total. The first-order valence-corrected chi connectivity index (χ1v) is 4.35. The topological polar surface area (TPSA) is 41.1 Å². The van der Waals surface area contributed by atoms with Crippen LogP contribution >= 0.6 is 15.9 Å². The average molecular weight is 247 g/mol. The molecule has 5 heteroatoms. The quantitative estimate of drug-likeness (QED) is 0.804. The number of nitrogens with one attached hydrogen (secondary N) is 2. The molecular weight excluding hydrogens is 239 g/mol. The van der Waals surface area contributed by atoms with Gasteiger partial charge in [-0.3, -0.25) is 4.79 Å². The minimum absolute atomic E-state index is 0.355. The second kappa shape index (κ2) is 4.23. The molecule has 0 aromatic heterocycles. The van der Waals surface area contributed by atoms with Crippen LogP contribution in [0.25, 0.3) is 0 Å². The van der Waals surface area contributed by atoms with Crippen molar-refractivity contribution >= 4 is 33.7 Å². The Hall–Kier alpha value is -1.10. The molecule has 1 amide bonds. The number of anilines is 2. The molecule has 0 heterocycles. The zero-order chi connectivity index (χ0) is 9.84. The second-order valence-corrected chi connectivity index (χ2v) is 3.18. The Balaban J connectivity index is 3.15. The van der Waals surface area contributed by atoms with E-state index < -0.39 is 5.82 Å². The van der Waals surface area contributed by atoms with Crippen LogP contribution < -0.4 is 10.6 Å². The van der Waals surface area contributed by atoms with E-state index in [0.717, 1.165) is 0 Å². The molecule has 1 rings (SSSR count). The summed E-state index contributed by atoms with van der Waals surface area (Å²) in [4.78, 5) is 10.2. The van der Waals surface area contributed by atoms with E-state index in [1.54, 1.807) is 13.1 Å². The fourth-order valence-corrected chi connectivity index (χ4v) is 1.28. The molecule has 0 bridgehead atoms. The number of carbonyl (C=O) groups is 1. The third-order valence-corrected chi connectivity index (χ3v) is 2.15. The Morgan fingerprint density at radius 3 is 2.69 bits per heavy atom. The fraction of sp³-hybridized carbons (Fsp3) is 0.125. The molecule has 0 unspecified atom stereocenters. The van der Waals surface area contributed by atoms with Crippen molar-refractivity contribution in [3.05, 3.63) is 22.4 Å². The summed E-state index contributed by atoms with van der Waals surface area (Å²) in [6.45, 7) is 0. The van der Waals surface area contributed by atoms with Crippen LogP contribution in [0.5, 0.6) is 0 Å². The minimum atomic E-state index is -0.414. The van der Waals surface area contributed by atoms with Crippen LogP contribution in [0.3, 0.4) is 0 Å². The summed E-state index contributed by atoms with van der Waals surface area (Å²) in [5, 5.41) is 5.22. The standard InChI is InChI=1S/C8H8BrFN2O/c1-11-7-2-5(9)6(10)3-8(7)12-4-13/h2-4,11H,1H3,(H,12,13). The highest BCUT2D eigenvalue weighted by molar-refractivity contribution is 9.10. The first-order valence-electron chi connectivity index (χ1n) is 3.56. The van der Waals surface area contributed by atoms with Crippen LogP contribution in [0.1, 0.15) is 0 Å². The molecule has 0 spiro atoms. The zero-order valence-corrected chi connectivity index (χ0v) is 8.48. The van der Waals surface area contributed by atoms with Gasteiger partial charge in [0.2, 0.25) is 6.41 Å². The molecule has 0 radical (unpaired) electrons. The molecule has 0 aliphatic heterocycles. The van der Waals surface area contributed by atoms with Crippen LogP contribution in [-0.2, 0) is 4.79 Å². The van der Waals surface area contributed by atoms with E-state index in [9.17, 15) is 9.18 Å². The molecule has 0 atom stereocenters. The summed E-state index contributed by atoms with van der Waals surface area (Å²) >= 11 is 3.04. The first kappa shape index (κ1) is 9.98. The summed E-state index contributed by atoms with van der Waals surface area (Å²) in [5.74, 6) is -0.414. The molecule has 0 saturated heterocycles. The van der Waals surface area contributed by atoms with Crippen molar-refractivity contribution in [2.45, 2.75) is 0 Å². The number of halogens is 2. The molecular formula is C8H8BrFN2O. The van der Waals surface area contributed by atoms with Crippen LogP contribution in [0.2, 0.25) is 0 Å². The van der Waals surface area contributed by atoms with E-state index in [1.807, 2.05) is 0 Å². The molecule has 70 valence electrons. The summed E-state index contributed by atoms with van der Waals surface area (Å²) in [6.07, 6.45) is 0.503. The predicted molar refractivity (Wildman–Crippen MR) is 53.3 cm³/mol. The van der Waals surface area contributed by atoms with E-state index in [1.165, 1.54) is 6.07 Å². The van der Waals surface area contributed by atoms with E-state index in [4.69, 9.17) is 0 Å². The molecule has 3 nitrogen and oxygen atoms in total. The van der Waals surface area contributed by atoms with Gasteiger partial charge in [-0.25, -0.2) is 4.39 Å². The number of hydrogen-bond acceptors (Lipinski definition) is 2. The predicted octanol–water partition coefficient (Wildman–Crippen LogP) is 2.20. The Morgan fingerprint density at radius 2 is 2.15 bits per heavy atom. The lowest BCUT2D eigenvalue weighted by atomic mass is 10.2. The summed E-state index contributed by atoms with van der Waals surface area (Å²) in [5.41, 5.74) is 1.07. The van der Waals surface area contributed by atoms with Crippen molar-refractivity contribution in [1.82, 2.24) is 0 Å². The molecule has 13 heavy (non-hydrogen) atoms. The van der Waals surface area contributed by atoms with Crippen molar-refractivity contribution in [1.29, 1.82) is 0 Å². The number of rotatable bonds is 3. The number of amides is 1. The summed E-state index contributed by atoms with van der Waals surface area (Å²) < 4.78 is 13.3. The van der Waals surface area contributed by atoms with Crippen LogP contribution in [-0.4, -0.2) is 13.5 Å². The summed E-state index contributed by atoms with van der Waals surface area (Å²) in [6, 6.07) is 2.80. The average Bonchev–Trinajstić information content (AvgIpc) is 2.11. The van der Waals surface area contributed by atoms with Gasteiger partial charge in [0, 0.05) is 13.1 Å². The highest BCUT2D eigenvalue weighted by Gasteiger charge is 2.05. The van der Waals surface area contributed by atoms with Crippen molar-refractivity contribution in [3.8, 4) is 0 Å². The Labute approximate surface area is 83.5 Å². The number of carbonyl (C=O) groups excluding carboxylic acids is 1. The molecule has 1 aromatic rings. The van der Waals surface area contributed by atoms with Crippen molar-refractivity contribution in [2.24, 2.45) is 0 Å². The maximum absolute atomic E-state index is 13.0. The van der Waals surface area contributed by atoms with Gasteiger partial charge in [0.1, 0.15) is 5.82 Å². The monoisotopic (exact) mass is 246 g/mol. The first-order chi connectivity index (χ1) is 6.19. The van der Waals surface area contributed by atoms with E-state index in [-0.39, 0.29) is 0 Å². The molecule has 1 aromatic carbocycles. The highest BCUT2D eigenvalue weighted by atomic mass is 79.9. The third kappa shape index (κ3) is 2.18. The SMILES string of the molecule is CNc1cc(Br)c(F)cc1NC=O. The molecule has 0 saturated carbocycles. The lowest BCUT2D eigenvalue weighted by Crippen LogP contribution is -2.00. The molecule has 0 aliphatic carbocycles. The van der Waals surface area contributed by atoms with Gasteiger partial charge in [-0.1, -0.05) is 0 Å². The van der Waals surface area contributed by atoms with Gasteiger partial charge >= 0.3 is 0 Å².